The largest absolute Gasteiger partial charge is 0.376 e. The van der Waals surface area contributed by atoms with E-state index < -0.39 is 0 Å². The molecule has 0 aliphatic carbocycles. The lowest BCUT2D eigenvalue weighted by molar-refractivity contribution is 0.00700. The molecular formula is C11H15N3O. The fraction of sp³-hybridized carbons (Fsp3) is 0.455. The molecule has 1 fully saturated rings. The molecule has 1 aliphatic rings. The van der Waals surface area contributed by atoms with Crippen LogP contribution in [0.15, 0.2) is 40.6 Å². The first-order chi connectivity index (χ1) is 7.36. The standard InChI is InChI=1S/C11H15N3O/c1-14-7-8-15-9-11(14)13-12-10-5-3-2-4-6-10/h2-6,11H,7-9H2,1H3/b13-12+. The summed E-state index contributed by atoms with van der Waals surface area (Å²) in [4.78, 5) is 2.15. The number of azo groups is 1. The Kier molecular flexibility index (Phi) is 3.42. The zero-order valence-electron chi connectivity index (χ0n) is 8.84. The van der Waals surface area contributed by atoms with Crippen molar-refractivity contribution in [1.29, 1.82) is 0 Å². The maximum absolute atomic E-state index is 5.35. The Morgan fingerprint density at radius 2 is 2.13 bits per heavy atom. The molecule has 0 radical (unpaired) electrons. The maximum Gasteiger partial charge on any atom is 0.147 e. The highest BCUT2D eigenvalue weighted by Gasteiger charge is 2.18. The van der Waals surface area contributed by atoms with Crippen molar-refractivity contribution in [2.75, 3.05) is 26.8 Å². The van der Waals surface area contributed by atoms with Gasteiger partial charge in [0.05, 0.1) is 18.9 Å². The van der Waals surface area contributed by atoms with Gasteiger partial charge in [-0.3, -0.25) is 4.90 Å². The van der Waals surface area contributed by atoms with Crippen LogP contribution in [-0.2, 0) is 4.74 Å². The third-order valence-corrected chi connectivity index (χ3v) is 2.43. The lowest BCUT2D eigenvalue weighted by Crippen LogP contribution is -2.41. The molecule has 0 N–H and O–H groups in total. The van der Waals surface area contributed by atoms with Crippen molar-refractivity contribution in [3.05, 3.63) is 30.3 Å². The van der Waals surface area contributed by atoms with E-state index in [0.717, 1.165) is 18.8 Å². The predicted octanol–water partition coefficient (Wildman–Crippen LogP) is 2.06. The number of benzene rings is 1. The molecule has 1 aromatic rings. The number of likely N-dealkylation sites (N-methyl/N-ethyl adjacent to an activating group) is 1. The molecule has 0 aromatic heterocycles. The molecule has 1 unspecified atom stereocenters. The van der Waals surface area contributed by atoms with Crippen LogP contribution in [0.25, 0.3) is 0 Å². The second-order valence-electron chi connectivity index (χ2n) is 3.59. The molecule has 1 saturated heterocycles. The van der Waals surface area contributed by atoms with E-state index >= 15 is 0 Å². The monoisotopic (exact) mass is 205 g/mol. The summed E-state index contributed by atoms with van der Waals surface area (Å²) in [6.45, 7) is 2.33. The van der Waals surface area contributed by atoms with Crippen LogP contribution in [0.1, 0.15) is 0 Å². The summed E-state index contributed by atoms with van der Waals surface area (Å²) in [6.07, 6.45) is 0.0546. The lowest BCUT2D eigenvalue weighted by Gasteiger charge is -2.28. The molecule has 0 bridgehead atoms. The summed E-state index contributed by atoms with van der Waals surface area (Å²) < 4.78 is 5.35. The van der Waals surface area contributed by atoms with Crippen molar-refractivity contribution in [2.24, 2.45) is 10.2 Å². The van der Waals surface area contributed by atoms with Crippen LogP contribution < -0.4 is 0 Å². The van der Waals surface area contributed by atoms with Crippen molar-refractivity contribution >= 4 is 5.69 Å². The molecule has 1 aliphatic heterocycles. The van der Waals surface area contributed by atoms with E-state index in [9.17, 15) is 0 Å². The van der Waals surface area contributed by atoms with E-state index in [-0.39, 0.29) is 6.17 Å². The lowest BCUT2D eigenvalue weighted by atomic mass is 10.3. The number of ether oxygens (including phenoxy) is 1. The van der Waals surface area contributed by atoms with Crippen LogP contribution >= 0.6 is 0 Å². The average molecular weight is 205 g/mol. The third kappa shape index (κ3) is 2.84. The highest BCUT2D eigenvalue weighted by Crippen LogP contribution is 2.13. The van der Waals surface area contributed by atoms with Gasteiger partial charge in [-0.2, -0.15) is 10.2 Å². The zero-order chi connectivity index (χ0) is 10.5. The first-order valence-corrected chi connectivity index (χ1v) is 5.10. The van der Waals surface area contributed by atoms with Crippen molar-refractivity contribution < 1.29 is 4.74 Å². The summed E-state index contributed by atoms with van der Waals surface area (Å²) in [6, 6.07) is 9.75. The van der Waals surface area contributed by atoms with Crippen molar-refractivity contribution in [3.8, 4) is 0 Å². The molecule has 1 heterocycles. The van der Waals surface area contributed by atoms with E-state index in [1.807, 2.05) is 37.4 Å². The molecule has 0 spiro atoms. The van der Waals surface area contributed by atoms with Crippen LogP contribution in [0.4, 0.5) is 5.69 Å². The first kappa shape index (κ1) is 10.3. The smallest absolute Gasteiger partial charge is 0.147 e. The Hall–Kier alpha value is -1.26. The van der Waals surface area contributed by atoms with E-state index in [4.69, 9.17) is 4.74 Å². The number of hydrogen-bond acceptors (Lipinski definition) is 4. The summed E-state index contributed by atoms with van der Waals surface area (Å²) in [5.41, 5.74) is 0.886. The zero-order valence-corrected chi connectivity index (χ0v) is 8.84. The highest BCUT2D eigenvalue weighted by molar-refractivity contribution is 5.34. The molecule has 0 amide bonds. The SMILES string of the molecule is CN1CCOCC1/N=N/c1ccccc1. The van der Waals surface area contributed by atoms with E-state index in [1.165, 1.54) is 0 Å². The normalized spacial score (nSPS) is 23.4. The molecule has 15 heavy (non-hydrogen) atoms. The summed E-state index contributed by atoms with van der Waals surface area (Å²) >= 11 is 0. The highest BCUT2D eigenvalue weighted by atomic mass is 16.5. The van der Waals surface area contributed by atoms with Crippen LogP contribution in [0, 0.1) is 0 Å². The number of nitrogens with zero attached hydrogens (tertiary/aromatic N) is 3. The molecule has 0 saturated carbocycles. The summed E-state index contributed by atoms with van der Waals surface area (Å²) in [7, 11) is 2.04. The second-order valence-corrected chi connectivity index (χ2v) is 3.59. The molecule has 4 heteroatoms. The van der Waals surface area contributed by atoms with Gasteiger partial charge < -0.3 is 4.74 Å². The minimum atomic E-state index is 0.0546. The van der Waals surface area contributed by atoms with Gasteiger partial charge in [-0.1, -0.05) is 18.2 Å². The molecule has 4 nitrogen and oxygen atoms in total. The van der Waals surface area contributed by atoms with Crippen LogP contribution in [-0.4, -0.2) is 37.9 Å². The predicted molar refractivity (Wildman–Crippen MR) is 58.2 cm³/mol. The van der Waals surface area contributed by atoms with Gasteiger partial charge >= 0.3 is 0 Å². The minimum absolute atomic E-state index is 0.0546. The third-order valence-electron chi connectivity index (χ3n) is 2.43. The minimum Gasteiger partial charge on any atom is -0.376 e. The second kappa shape index (κ2) is 5.00. The van der Waals surface area contributed by atoms with Gasteiger partial charge in [-0.05, 0) is 19.2 Å². The molecular weight excluding hydrogens is 190 g/mol. The molecule has 80 valence electrons. The van der Waals surface area contributed by atoms with Crippen LogP contribution in [0.5, 0.6) is 0 Å². The molecule has 1 atom stereocenters. The van der Waals surface area contributed by atoms with Gasteiger partial charge in [0.25, 0.3) is 0 Å². The fourth-order valence-electron chi connectivity index (χ4n) is 1.42. The number of rotatable bonds is 2. The van der Waals surface area contributed by atoms with E-state index in [1.54, 1.807) is 0 Å². The fourth-order valence-corrected chi connectivity index (χ4v) is 1.42. The number of hydrogen-bond donors (Lipinski definition) is 0. The Morgan fingerprint density at radius 3 is 2.87 bits per heavy atom. The van der Waals surface area contributed by atoms with Gasteiger partial charge in [0.2, 0.25) is 0 Å². The molecule has 1 aromatic carbocycles. The maximum atomic E-state index is 5.35. The van der Waals surface area contributed by atoms with Gasteiger partial charge in [0.1, 0.15) is 6.17 Å². The van der Waals surface area contributed by atoms with Gasteiger partial charge in [-0.25, -0.2) is 0 Å². The summed E-state index contributed by atoms with van der Waals surface area (Å²) in [5, 5.41) is 8.44. The Balaban J connectivity index is 1.98. The average Bonchev–Trinajstić information content (AvgIpc) is 2.29. The quantitative estimate of drug-likeness (QED) is 0.693. The van der Waals surface area contributed by atoms with Crippen molar-refractivity contribution in [2.45, 2.75) is 6.17 Å². The van der Waals surface area contributed by atoms with E-state index in [0.29, 0.717) is 6.61 Å². The van der Waals surface area contributed by atoms with Crippen LogP contribution in [0.2, 0.25) is 0 Å². The molecule has 2 rings (SSSR count). The van der Waals surface area contributed by atoms with Crippen molar-refractivity contribution in [1.82, 2.24) is 4.90 Å². The van der Waals surface area contributed by atoms with E-state index in [2.05, 4.69) is 15.1 Å². The Morgan fingerprint density at radius 1 is 1.33 bits per heavy atom. The summed E-state index contributed by atoms with van der Waals surface area (Å²) in [5.74, 6) is 0. The van der Waals surface area contributed by atoms with Gasteiger partial charge in [-0.15, -0.1) is 0 Å². The van der Waals surface area contributed by atoms with Crippen molar-refractivity contribution in [3.63, 3.8) is 0 Å². The van der Waals surface area contributed by atoms with Crippen LogP contribution in [0.3, 0.4) is 0 Å². The van der Waals surface area contributed by atoms with Gasteiger partial charge in [0.15, 0.2) is 0 Å². The first-order valence-electron chi connectivity index (χ1n) is 5.10. The Labute approximate surface area is 89.6 Å². The Bertz CT molecular complexity index is 326. The van der Waals surface area contributed by atoms with Gasteiger partial charge in [0, 0.05) is 6.54 Å². The topological polar surface area (TPSA) is 37.2 Å². The number of morpholine rings is 1.